The summed E-state index contributed by atoms with van der Waals surface area (Å²) in [4.78, 5) is 1.76. The van der Waals surface area contributed by atoms with Crippen LogP contribution in [0.3, 0.4) is 0 Å². The number of nitrogens with zero attached hydrogens (tertiary/aromatic N) is 2. The van der Waals surface area contributed by atoms with Crippen LogP contribution in [0.5, 0.6) is 0 Å². The fourth-order valence-electron chi connectivity index (χ4n) is 2.10. The van der Waals surface area contributed by atoms with Gasteiger partial charge in [0.1, 0.15) is 0 Å². The number of halogens is 3. The summed E-state index contributed by atoms with van der Waals surface area (Å²) in [5.41, 5.74) is 0.261. The van der Waals surface area contributed by atoms with E-state index in [0.717, 1.165) is 19.3 Å². The SMILES string of the molecule is CCC1(C)CCN(CC(C#N)C(F)(F)F)CC1. The molecule has 1 saturated heterocycles. The van der Waals surface area contributed by atoms with Crippen molar-refractivity contribution in [1.82, 2.24) is 4.90 Å². The Bertz CT molecular complexity index is 285. The fourth-order valence-corrected chi connectivity index (χ4v) is 2.10. The van der Waals surface area contributed by atoms with Gasteiger partial charge >= 0.3 is 6.18 Å². The fraction of sp³-hybridized carbons (Fsp3) is 0.917. The Balaban J connectivity index is 2.48. The summed E-state index contributed by atoms with van der Waals surface area (Å²) in [6.45, 7) is 5.44. The second-order valence-electron chi connectivity index (χ2n) is 5.19. The van der Waals surface area contributed by atoms with E-state index in [1.54, 1.807) is 4.90 Å². The summed E-state index contributed by atoms with van der Waals surface area (Å²) in [7, 11) is 0. The minimum absolute atomic E-state index is 0.181. The molecule has 0 radical (unpaired) electrons. The van der Waals surface area contributed by atoms with Gasteiger partial charge in [-0.2, -0.15) is 18.4 Å². The Kier molecular flexibility index (Phi) is 4.42. The van der Waals surface area contributed by atoms with Gasteiger partial charge in [-0.05, 0) is 31.3 Å². The van der Waals surface area contributed by atoms with Gasteiger partial charge in [-0.3, -0.25) is 0 Å². The maximum atomic E-state index is 12.4. The van der Waals surface area contributed by atoms with Crippen molar-refractivity contribution >= 4 is 0 Å². The van der Waals surface area contributed by atoms with Crippen LogP contribution >= 0.6 is 0 Å². The lowest BCUT2D eigenvalue weighted by Crippen LogP contribution is -2.43. The van der Waals surface area contributed by atoms with Gasteiger partial charge in [0, 0.05) is 6.54 Å². The molecule has 1 fully saturated rings. The molecular formula is C12H19F3N2. The maximum Gasteiger partial charge on any atom is 0.405 e. The van der Waals surface area contributed by atoms with Gasteiger partial charge in [0.05, 0.1) is 6.07 Å². The van der Waals surface area contributed by atoms with Gasteiger partial charge in [-0.1, -0.05) is 20.3 Å². The lowest BCUT2D eigenvalue weighted by atomic mass is 9.78. The molecule has 1 rings (SSSR count). The highest BCUT2D eigenvalue weighted by atomic mass is 19.4. The van der Waals surface area contributed by atoms with Gasteiger partial charge < -0.3 is 4.90 Å². The highest BCUT2D eigenvalue weighted by Crippen LogP contribution is 2.35. The third-order valence-electron chi connectivity index (χ3n) is 3.91. The summed E-state index contributed by atoms with van der Waals surface area (Å²) in [6, 6.07) is 1.36. The Hall–Kier alpha value is -0.760. The molecule has 0 N–H and O–H groups in total. The third-order valence-corrected chi connectivity index (χ3v) is 3.91. The Morgan fingerprint density at radius 3 is 2.24 bits per heavy atom. The van der Waals surface area contributed by atoms with Crippen LogP contribution in [0, 0.1) is 22.7 Å². The molecule has 0 aromatic carbocycles. The van der Waals surface area contributed by atoms with Crippen LogP contribution in [0.2, 0.25) is 0 Å². The molecule has 1 heterocycles. The van der Waals surface area contributed by atoms with Crippen molar-refractivity contribution in [2.75, 3.05) is 19.6 Å². The first kappa shape index (κ1) is 14.3. The monoisotopic (exact) mass is 248 g/mol. The molecule has 2 nitrogen and oxygen atoms in total. The molecule has 0 spiro atoms. The van der Waals surface area contributed by atoms with E-state index in [2.05, 4.69) is 13.8 Å². The largest absolute Gasteiger partial charge is 0.405 e. The van der Waals surface area contributed by atoms with Gasteiger partial charge in [0.15, 0.2) is 5.92 Å². The smallest absolute Gasteiger partial charge is 0.302 e. The first-order valence-electron chi connectivity index (χ1n) is 5.99. The second kappa shape index (κ2) is 5.26. The van der Waals surface area contributed by atoms with Crippen LogP contribution in [0.15, 0.2) is 0 Å². The average Bonchev–Trinajstić information content (AvgIpc) is 2.27. The molecule has 0 aliphatic carbocycles. The molecular weight excluding hydrogens is 229 g/mol. The summed E-state index contributed by atoms with van der Waals surface area (Å²) < 4.78 is 37.3. The van der Waals surface area contributed by atoms with E-state index in [1.807, 2.05) is 0 Å². The normalized spacial score (nSPS) is 23.1. The third kappa shape index (κ3) is 3.88. The second-order valence-corrected chi connectivity index (χ2v) is 5.19. The molecule has 0 amide bonds. The molecule has 1 atom stereocenters. The van der Waals surface area contributed by atoms with Crippen molar-refractivity contribution in [2.24, 2.45) is 11.3 Å². The average molecular weight is 248 g/mol. The number of hydrogen-bond acceptors (Lipinski definition) is 2. The topological polar surface area (TPSA) is 27.0 Å². The van der Waals surface area contributed by atoms with Crippen LogP contribution in [0.1, 0.15) is 33.1 Å². The number of hydrogen-bond donors (Lipinski definition) is 0. The van der Waals surface area contributed by atoms with Gasteiger partial charge in [0.2, 0.25) is 0 Å². The van der Waals surface area contributed by atoms with Crippen molar-refractivity contribution in [3.8, 4) is 6.07 Å². The highest BCUT2D eigenvalue weighted by molar-refractivity contribution is 4.92. The summed E-state index contributed by atoms with van der Waals surface area (Å²) >= 11 is 0. The van der Waals surface area contributed by atoms with Gasteiger partial charge in [-0.15, -0.1) is 0 Å². The van der Waals surface area contributed by atoms with Crippen molar-refractivity contribution < 1.29 is 13.2 Å². The Labute approximate surface area is 100 Å². The molecule has 1 unspecified atom stereocenters. The predicted octanol–water partition coefficient (Wildman–Crippen LogP) is 3.20. The summed E-state index contributed by atoms with van der Waals surface area (Å²) in [5.74, 6) is -1.85. The van der Waals surface area contributed by atoms with E-state index < -0.39 is 12.1 Å². The zero-order chi connectivity index (χ0) is 13.1. The molecule has 1 aliphatic heterocycles. The molecule has 1 aliphatic rings. The zero-order valence-electron chi connectivity index (χ0n) is 10.3. The lowest BCUT2D eigenvalue weighted by Gasteiger charge is -2.39. The molecule has 0 saturated carbocycles. The van der Waals surface area contributed by atoms with Crippen molar-refractivity contribution in [1.29, 1.82) is 5.26 Å². The Morgan fingerprint density at radius 2 is 1.88 bits per heavy atom. The standard InChI is InChI=1S/C12H19F3N2/c1-3-11(2)4-6-17(7-5-11)9-10(8-16)12(13,14)15/h10H,3-7,9H2,1-2H3. The summed E-state index contributed by atoms with van der Waals surface area (Å²) in [6.07, 6.45) is -1.51. The molecule has 0 bridgehead atoms. The molecule has 98 valence electrons. The zero-order valence-corrected chi connectivity index (χ0v) is 10.3. The van der Waals surface area contributed by atoms with E-state index in [1.165, 1.54) is 6.07 Å². The van der Waals surface area contributed by atoms with Crippen LogP contribution in [-0.4, -0.2) is 30.7 Å². The number of piperidine rings is 1. The summed E-state index contributed by atoms with van der Waals surface area (Å²) in [5, 5.41) is 8.54. The van der Waals surface area contributed by atoms with E-state index in [9.17, 15) is 13.2 Å². The van der Waals surface area contributed by atoms with Crippen LogP contribution < -0.4 is 0 Å². The van der Waals surface area contributed by atoms with Gasteiger partial charge in [-0.25, -0.2) is 0 Å². The van der Waals surface area contributed by atoms with Crippen molar-refractivity contribution in [3.05, 3.63) is 0 Å². The van der Waals surface area contributed by atoms with Crippen molar-refractivity contribution in [2.45, 2.75) is 39.3 Å². The first-order chi connectivity index (χ1) is 7.80. The number of rotatable bonds is 3. The number of likely N-dealkylation sites (tertiary alicyclic amines) is 1. The molecule has 17 heavy (non-hydrogen) atoms. The Morgan fingerprint density at radius 1 is 1.35 bits per heavy atom. The first-order valence-corrected chi connectivity index (χ1v) is 5.99. The minimum atomic E-state index is -4.40. The van der Waals surface area contributed by atoms with E-state index in [-0.39, 0.29) is 12.0 Å². The lowest BCUT2D eigenvalue weighted by molar-refractivity contribution is -0.164. The quantitative estimate of drug-likeness (QED) is 0.767. The molecule has 5 heteroatoms. The molecule has 0 aromatic heterocycles. The van der Waals surface area contributed by atoms with Crippen LogP contribution in [0.4, 0.5) is 13.2 Å². The maximum absolute atomic E-state index is 12.4. The highest BCUT2D eigenvalue weighted by Gasteiger charge is 2.41. The van der Waals surface area contributed by atoms with Crippen LogP contribution in [-0.2, 0) is 0 Å². The molecule has 0 aromatic rings. The predicted molar refractivity (Wildman–Crippen MR) is 59.2 cm³/mol. The van der Waals surface area contributed by atoms with Gasteiger partial charge in [0.25, 0.3) is 0 Å². The van der Waals surface area contributed by atoms with E-state index in [0.29, 0.717) is 13.1 Å². The van der Waals surface area contributed by atoms with E-state index >= 15 is 0 Å². The van der Waals surface area contributed by atoms with Crippen LogP contribution in [0.25, 0.3) is 0 Å². The van der Waals surface area contributed by atoms with E-state index in [4.69, 9.17) is 5.26 Å². The van der Waals surface area contributed by atoms with Crippen molar-refractivity contribution in [3.63, 3.8) is 0 Å². The number of nitriles is 1. The minimum Gasteiger partial charge on any atom is -0.302 e. The number of alkyl halides is 3.